The van der Waals surface area contributed by atoms with Crippen LogP contribution >= 0.6 is 23.2 Å². The van der Waals surface area contributed by atoms with E-state index < -0.39 is 0 Å². The number of nitrogens with one attached hydrogen (secondary N) is 1. The summed E-state index contributed by atoms with van der Waals surface area (Å²) in [7, 11) is 0. The van der Waals surface area contributed by atoms with E-state index in [1.165, 1.54) is 6.42 Å². The maximum atomic E-state index is 6.09. The smallest absolute Gasteiger partial charge is 0.158 e. The van der Waals surface area contributed by atoms with Crippen molar-refractivity contribution in [2.75, 3.05) is 6.54 Å². The van der Waals surface area contributed by atoms with Crippen LogP contribution in [-0.4, -0.2) is 21.1 Å². The molecule has 0 saturated carbocycles. The first-order chi connectivity index (χ1) is 8.63. The van der Waals surface area contributed by atoms with Gasteiger partial charge < -0.3 is 5.32 Å². The first kappa shape index (κ1) is 12.2. The Bertz CT molecular complexity index is 573. The van der Waals surface area contributed by atoms with Crippen LogP contribution in [0.2, 0.25) is 10.3 Å². The standard InChI is InChI=1S/C12H14Cl2N4/c1-7-2-3-8(15-6-7)9-4-12-16-10(13)5-11(14)18(12)17-9/h4-5,7-8,15H,2-3,6H2,1H3. The minimum Gasteiger partial charge on any atom is -0.308 e. The molecule has 0 radical (unpaired) electrons. The van der Waals surface area contributed by atoms with Crippen molar-refractivity contribution in [3.63, 3.8) is 0 Å². The fourth-order valence-corrected chi connectivity index (χ4v) is 2.82. The first-order valence-corrected chi connectivity index (χ1v) is 6.84. The second-order valence-electron chi connectivity index (χ2n) is 4.88. The molecule has 2 unspecified atom stereocenters. The molecule has 2 aromatic rings. The van der Waals surface area contributed by atoms with Crippen LogP contribution in [0, 0.1) is 5.92 Å². The van der Waals surface area contributed by atoms with E-state index in [0.29, 0.717) is 16.0 Å². The van der Waals surface area contributed by atoms with Gasteiger partial charge in [-0.25, -0.2) is 9.50 Å². The summed E-state index contributed by atoms with van der Waals surface area (Å²) in [6.07, 6.45) is 2.31. The lowest BCUT2D eigenvalue weighted by molar-refractivity contribution is 0.328. The highest BCUT2D eigenvalue weighted by atomic mass is 35.5. The van der Waals surface area contributed by atoms with E-state index in [1.54, 1.807) is 10.6 Å². The van der Waals surface area contributed by atoms with Crippen molar-refractivity contribution >= 4 is 28.8 Å². The van der Waals surface area contributed by atoms with Crippen molar-refractivity contribution in [2.45, 2.75) is 25.8 Å². The molecule has 0 aliphatic carbocycles. The number of hydrogen-bond acceptors (Lipinski definition) is 3. The number of aromatic nitrogens is 3. The molecule has 1 fully saturated rings. The normalized spacial score (nSPS) is 24.6. The average Bonchev–Trinajstić information content (AvgIpc) is 2.74. The van der Waals surface area contributed by atoms with E-state index in [4.69, 9.17) is 23.2 Å². The van der Waals surface area contributed by atoms with Crippen LogP contribution in [0.15, 0.2) is 12.1 Å². The fourth-order valence-electron chi connectivity index (χ4n) is 2.35. The molecule has 3 heterocycles. The van der Waals surface area contributed by atoms with E-state index >= 15 is 0 Å². The van der Waals surface area contributed by atoms with Gasteiger partial charge in [-0.05, 0) is 25.3 Å². The maximum absolute atomic E-state index is 6.09. The van der Waals surface area contributed by atoms with Crippen molar-refractivity contribution < 1.29 is 0 Å². The number of nitrogens with zero attached hydrogens (tertiary/aromatic N) is 3. The first-order valence-electron chi connectivity index (χ1n) is 6.08. The van der Waals surface area contributed by atoms with Crippen LogP contribution in [0.25, 0.3) is 5.65 Å². The molecule has 0 aromatic carbocycles. The lowest BCUT2D eigenvalue weighted by atomic mass is 9.95. The molecule has 2 aromatic heterocycles. The van der Waals surface area contributed by atoms with Gasteiger partial charge in [0.15, 0.2) is 5.65 Å². The highest BCUT2D eigenvalue weighted by molar-refractivity contribution is 6.33. The summed E-state index contributed by atoms with van der Waals surface area (Å²) in [4.78, 5) is 4.22. The van der Waals surface area contributed by atoms with Gasteiger partial charge in [-0.15, -0.1) is 0 Å². The SMILES string of the molecule is CC1CCC(c2cc3nc(Cl)cc(Cl)n3n2)NC1. The fraction of sp³-hybridized carbons (Fsp3) is 0.500. The van der Waals surface area contributed by atoms with Gasteiger partial charge in [0.05, 0.1) is 11.7 Å². The summed E-state index contributed by atoms with van der Waals surface area (Å²) in [6, 6.07) is 3.84. The van der Waals surface area contributed by atoms with Gasteiger partial charge in [-0.3, -0.25) is 0 Å². The predicted octanol–water partition coefficient (Wildman–Crippen LogP) is 3.10. The number of rotatable bonds is 1. The van der Waals surface area contributed by atoms with E-state index in [2.05, 4.69) is 22.3 Å². The molecule has 4 nitrogen and oxygen atoms in total. The van der Waals surface area contributed by atoms with Crippen molar-refractivity contribution in [3.8, 4) is 0 Å². The Morgan fingerprint density at radius 3 is 2.89 bits per heavy atom. The van der Waals surface area contributed by atoms with E-state index in [0.717, 1.165) is 24.6 Å². The third-order valence-corrected chi connectivity index (χ3v) is 3.85. The summed E-state index contributed by atoms with van der Waals surface area (Å²) in [5.41, 5.74) is 1.68. The Labute approximate surface area is 115 Å². The topological polar surface area (TPSA) is 42.2 Å². The van der Waals surface area contributed by atoms with Gasteiger partial charge in [0.1, 0.15) is 10.3 Å². The maximum Gasteiger partial charge on any atom is 0.158 e. The van der Waals surface area contributed by atoms with Crippen LogP contribution in [-0.2, 0) is 0 Å². The Kier molecular flexibility index (Phi) is 3.18. The van der Waals surface area contributed by atoms with Crippen LogP contribution in [0.5, 0.6) is 0 Å². The lowest BCUT2D eigenvalue weighted by Gasteiger charge is -2.26. The Morgan fingerprint density at radius 2 is 2.17 bits per heavy atom. The van der Waals surface area contributed by atoms with E-state index in [1.807, 2.05) is 6.07 Å². The Balaban J connectivity index is 1.96. The highest BCUT2D eigenvalue weighted by Crippen LogP contribution is 2.26. The van der Waals surface area contributed by atoms with Gasteiger partial charge in [0, 0.05) is 12.1 Å². The minimum atomic E-state index is 0.290. The average molecular weight is 285 g/mol. The molecule has 2 atom stereocenters. The molecule has 1 saturated heterocycles. The molecule has 6 heteroatoms. The third-order valence-electron chi connectivity index (χ3n) is 3.39. The summed E-state index contributed by atoms with van der Waals surface area (Å²) in [6.45, 7) is 3.28. The Morgan fingerprint density at radius 1 is 1.33 bits per heavy atom. The molecule has 1 aliphatic rings. The largest absolute Gasteiger partial charge is 0.308 e. The zero-order chi connectivity index (χ0) is 12.7. The highest BCUT2D eigenvalue weighted by Gasteiger charge is 2.22. The molecule has 0 amide bonds. The van der Waals surface area contributed by atoms with E-state index in [-0.39, 0.29) is 6.04 Å². The molecule has 1 N–H and O–H groups in total. The van der Waals surface area contributed by atoms with Crippen molar-refractivity contribution in [1.82, 2.24) is 19.9 Å². The summed E-state index contributed by atoms with van der Waals surface area (Å²) < 4.78 is 1.63. The number of hydrogen-bond donors (Lipinski definition) is 1. The molecule has 3 rings (SSSR count). The van der Waals surface area contributed by atoms with Gasteiger partial charge in [-0.2, -0.15) is 5.10 Å². The zero-order valence-corrected chi connectivity index (χ0v) is 11.5. The number of piperidine rings is 1. The number of fused-ring (bicyclic) bond motifs is 1. The van der Waals surface area contributed by atoms with Crippen molar-refractivity contribution in [2.24, 2.45) is 5.92 Å². The van der Waals surface area contributed by atoms with Gasteiger partial charge in [0.2, 0.25) is 0 Å². The summed E-state index contributed by atoms with van der Waals surface area (Å²) in [5, 5.41) is 8.88. The monoisotopic (exact) mass is 284 g/mol. The van der Waals surface area contributed by atoms with Crippen molar-refractivity contribution in [1.29, 1.82) is 0 Å². The second kappa shape index (κ2) is 4.68. The van der Waals surface area contributed by atoms with Gasteiger partial charge in [0.25, 0.3) is 0 Å². The molecule has 0 spiro atoms. The minimum absolute atomic E-state index is 0.290. The molecular formula is C12H14Cl2N4. The molecule has 18 heavy (non-hydrogen) atoms. The molecule has 96 valence electrons. The lowest BCUT2D eigenvalue weighted by Crippen LogP contribution is -2.32. The van der Waals surface area contributed by atoms with Crippen LogP contribution in [0.3, 0.4) is 0 Å². The molecular weight excluding hydrogens is 271 g/mol. The second-order valence-corrected chi connectivity index (χ2v) is 5.66. The Hall–Kier alpha value is -0.840. The van der Waals surface area contributed by atoms with Crippen LogP contribution < -0.4 is 5.32 Å². The predicted molar refractivity (Wildman–Crippen MR) is 72.1 cm³/mol. The van der Waals surface area contributed by atoms with Gasteiger partial charge in [-0.1, -0.05) is 30.1 Å². The molecule has 0 bridgehead atoms. The molecule has 1 aliphatic heterocycles. The third kappa shape index (κ3) is 2.20. The van der Waals surface area contributed by atoms with Crippen LogP contribution in [0.4, 0.5) is 0 Å². The number of halogens is 2. The summed E-state index contributed by atoms with van der Waals surface area (Å²) in [5.74, 6) is 0.731. The van der Waals surface area contributed by atoms with E-state index in [9.17, 15) is 0 Å². The quantitative estimate of drug-likeness (QED) is 0.819. The van der Waals surface area contributed by atoms with Crippen molar-refractivity contribution in [3.05, 3.63) is 28.1 Å². The van der Waals surface area contributed by atoms with Crippen LogP contribution in [0.1, 0.15) is 31.5 Å². The summed E-state index contributed by atoms with van der Waals surface area (Å²) >= 11 is 12.0. The zero-order valence-electron chi connectivity index (χ0n) is 10.0. The van der Waals surface area contributed by atoms with Gasteiger partial charge >= 0.3 is 0 Å².